The molecule has 3 aromatic rings. The van der Waals surface area contributed by atoms with Gasteiger partial charge in [0.05, 0.1) is 23.4 Å². The average Bonchev–Trinajstić information content (AvgIpc) is 3.09. The van der Waals surface area contributed by atoms with Gasteiger partial charge in [-0.25, -0.2) is 4.39 Å². The molecule has 0 saturated heterocycles. The number of fused-ring (bicyclic) bond motifs is 3. The first-order valence-corrected chi connectivity index (χ1v) is 8.57. The Kier molecular flexibility index (Phi) is 3.29. The van der Waals surface area contributed by atoms with Crippen LogP contribution in [0.1, 0.15) is 24.1 Å². The predicted molar refractivity (Wildman–Crippen MR) is 90.8 cm³/mol. The van der Waals surface area contributed by atoms with Gasteiger partial charge in [-0.15, -0.1) is 5.10 Å². The Morgan fingerprint density at radius 1 is 1.35 bits per heavy atom. The summed E-state index contributed by atoms with van der Waals surface area (Å²) in [6.07, 6.45) is 2.29. The topological polar surface area (TPSA) is 85.8 Å². The Morgan fingerprint density at radius 2 is 2.19 bits per heavy atom. The molecule has 3 atom stereocenters. The Balaban J connectivity index is 1.76. The van der Waals surface area contributed by atoms with Crippen molar-refractivity contribution in [3.05, 3.63) is 57.5 Å². The molecule has 7 nitrogen and oxygen atoms in total. The molecule has 9 heteroatoms. The van der Waals surface area contributed by atoms with Gasteiger partial charge in [-0.3, -0.25) is 4.79 Å². The van der Waals surface area contributed by atoms with Crippen LogP contribution in [0.2, 0.25) is 5.02 Å². The molecule has 2 aliphatic rings. The van der Waals surface area contributed by atoms with Crippen molar-refractivity contribution in [1.82, 2.24) is 24.8 Å². The number of nitrogens with zero attached hydrogens (tertiary/aromatic N) is 5. The quantitative estimate of drug-likeness (QED) is 0.758. The number of rotatable bonds is 3. The third-order valence-corrected chi connectivity index (χ3v) is 5.58. The van der Waals surface area contributed by atoms with Crippen LogP contribution in [0.25, 0.3) is 16.8 Å². The molecule has 0 spiro atoms. The van der Waals surface area contributed by atoms with E-state index < -0.39 is 5.82 Å². The van der Waals surface area contributed by atoms with Gasteiger partial charge in [0.25, 0.3) is 5.56 Å². The maximum absolute atomic E-state index is 14.9. The van der Waals surface area contributed by atoms with Gasteiger partial charge < -0.3 is 9.67 Å². The van der Waals surface area contributed by atoms with Crippen LogP contribution >= 0.6 is 11.6 Å². The Morgan fingerprint density at radius 3 is 2.92 bits per heavy atom. The van der Waals surface area contributed by atoms with Gasteiger partial charge in [-0.05, 0) is 46.5 Å². The monoisotopic (exact) mass is 373 g/mol. The number of halogens is 2. The van der Waals surface area contributed by atoms with Crippen molar-refractivity contribution < 1.29 is 9.50 Å². The molecule has 3 heterocycles. The minimum Gasteiger partial charge on any atom is -0.394 e. The van der Waals surface area contributed by atoms with Crippen molar-refractivity contribution >= 4 is 11.6 Å². The molecule has 132 valence electrons. The molecule has 0 bridgehead atoms. The molecular weight excluding hydrogens is 361 g/mol. The van der Waals surface area contributed by atoms with Gasteiger partial charge in [0.1, 0.15) is 6.33 Å². The average molecular weight is 374 g/mol. The van der Waals surface area contributed by atoms with Crippen molar-refractivity contribution in [3.63, 3.8) is 0 Å². The molecule has 1 N–H and O–H groups in total. The number of aromatic nitrogens is 5. The van der Waals surface area contributed by atoms with E-state index in [1.807, 2.05) is 6.07 Å². The smallest absolute Gasteiger partial charge is 0.251 e. The van der Waals surface area contributed by atoms with Crippen molar-refractivity contribution in [2.45, 2.75) is 18.4 Å². The van der Waals surface area contributed by atoms with Crippen LogP contribution in [0.5, 0.6) is 0 Å². The van der Waals surface area contributed by atoms with Gasteiger partial charge in [0, 0.05) is 23.2 Å². The number of aliphatic hydroxyl groups is 1. The van der Waals surface area contributed by atoms with Crippen molar-refractivity contribution in [1.29, 1.82) is 0 Å². The first-order valence-electron chi connectivity index (χ1n) is 8.19. The molecular formula is C17H13ClFN5O2. The molecule has 1 saturated carbocycles. The second-order valence-electron chi connectivity index (χ2n) is 6.64. The number of benzene rings is 1. The lowest BCUT2D eigenvalue weighted by Gasteiger charge is -2.17. The van der Waals surface area contributed by atoms with E-state index in [1.54, 1.807) is 10.6 Å². The summed E-state index contributed by atoms with van der Waals surface area (Å²) in [6, 6.07) is 6.03. The molecule has 1 aliphatic carbocycles. The Bertz CT molecular complexity index is 1080. The summed E-state index contributed by atoms with van der Waals surface area (Å²) in [5.41, 5.74) is 1.57. The zero-order valence-corrected chi connectivity index (χ0v) is 14.1. The summed E-state index contributed by atoms with van der Waals surface area (Å²) in [5.74, 6) is -0.113. The molecule has 0 unspecified atom stereocenters. The molecule has 1 aromatic carbocycles. The van der Waals surface area contributed by atoms with E-state index in [0.717, 1.165) is 12.1 Å². The van der Waals surface area contributed by atoms with Gasteiger partial charge in [-0.2, -0.15) is 4.68 Å². The summed E-state index contributed by atoms with van der Waals surface area (Å²) in [4.78, 5) is 12.7. The van der Waals surface area contributed by atoms with Crippen LogP contribution < -0.4 is 5.56 Å². The minimum atomic E-state index is -0.631. The van der Waals surface area contributed by atoms with Crippen LogP contribution in [0.3, 0.4) is 0 Å². The molecule has 1 fully saturated rings. The van der Waals surface area contributed by atoms with E-state index in [9.17, 15) is 14.3 Å². The van der Waals surface area contributed by atoms with E-state index in [1.165, 1.54) is 23.1 Å². The third-order valence-electron chi connectivity index (χ3n) is 5.29. The summed E-state index contributed by atoms with van der Waals surface area (Å²) < 4.78 is 17.9. The highest BCUT2D eigenvalue weighted by molar-refractivity contribution is 6.31. The molecule has 26 heavy (non-hydrogen) atoms. The third kappa shape index (κ3) is 2.09. The highest BCUT2D eigenvalue weighted by atomic mass is 35.5. The summed E-state index contributed by atoms with van der Waals surface area (Å²) in [7, 11) is 0. The van der Waals surface area contributed by atoms with Crippen LogP contribution in [-0.4, -0.2) is 36.5 Å². The van der Waals surface area contributed by atoms with Crippen molar-refractivity contribution in [3.8, 4) is 16.8 Å². The number of hydrogen-bond donors (Lipinski definition) is 1. The van der Waals surface area contributed by atoms with E-state index in [-0.39, 0.29) is 40.6 Å². The van der Waals surface area contributed by atoms with Crippen LogP contribution in [0, 0.1) is 11.7 Å². The Hall–Kier alpha value is -2.58. The second-order valence-corrected chi connectivity index (χ2v) is 7.05. The first-order chi connectivity index (χ1) is 12.6. The van der Waals surface area contributed by atoms with E-state index >= 15 is 0 Å². The maximum atomic E-state index is 14.9. The zero-order chi connectivity index (χ0) is 18.0. The van der Waals surface area contributed by atoms with E-state index in [2.05, 4.69) is 15.5 Å². The molecule has 1 aliphatic heterocycles. The van der Waals surface area contributed by atoms with Crippen molar-refractivity contribution in [2.24, 2.45) is 5.92 Å². The lowest BCUT2D eigenvalue weighted by Crippen LogP contribution is -2.27. The van der Waals surface area contributed by atoms with Gasteiger partial charge >= 0.3 is 0 Å². The maximum Gasteiger partial charge on any atom is 0.251 e. The molecule has 0 radical (unpaired) electrons. The highest BCUT2D eigenvalue weighted by Crippen LogP contribution is 2.59. The second kappa shape index (κ2) is 5.46. The lowest BCUT2D eigenvalue weighted by atomic mass is 10.0. The first kappa shape index (κ1) is 15.7. The molecule has 0 amide bonds. The van der Waals surface area contributed by atoms with E-state index in [0.29, 0.717) is 11.3 Å². The van der Waals surface area contributed by atoms with Crippen LogP contribution in [0.4, 0.5) is 4.39 Å². The van der Waals surface area contributed by atoms with Crippen LogP contribution in [0.15, 0.2) is 35.4 Å². The van der Waals surface area contributed by atoms with Gasteiger partial charge in [0.15, 0.2) is 5.82 Å². The van der Waals surface area contributed by atoms with Gasteiger partial charge in [-0.1, -0.05) is 11.6 Å². The highest BCUT2D eigenvalue weighted by Gasteiger charge is 2.52. The number of aliphatic hydroxyl groups excluding tert-OH is 1. The zero-order valence-electron chi connectivity index (χ0n) is 13.4. The minimum absolute atomic E-state index is 0.0463. The standard InChI is InChI=1S/C17H13ClFN5O2/c18-11-1-2-12(23-7-20-21-22-23)16(17(11)19)8-3-13-9-5-10(9)14(6-25)24(13)15(26)4-8/h1-4,7,9-10,14,25H,5-6H2/t9-,10+,14-/m1/s1. The summed E-state index contributed by atoms with van der Waals surface area (Å²) in [6.45, 7) is -0.0746. The number of hydrogen-bond acceptors (Lipinski definition) is 5. The predicted octanol–water partition coefficient (Wildman–Crippen LogP) is 1.93. The fraction of sp³-hybridized carbons (Fsp3) is 0.294. The summed E-state index contributed by atoms with van der Waals surface area (Å²) >= 11 is 5.98. The Labute approximate surface area is 151 Å². The van der Waals surface area contributed by atoms with Crippen LogP contribution in [-0.2, 0) is 0 Å². The van der Waals surface area contributed by atoms with Gasteiger partial charge in [0.2, 0.25) is 0 Å². The fourth-order valence-corrected chi connectivity index (χ4v) is 4.21. The largest absolute Gasteiger partial charge is 0.394 e. The molecule has 5 rings (SSSR count). The molecule has 2 aromatic heterocycles. The SMILES string of the molecule is O=c1cc(-c2c(-n3cnnn3)ccc(Cl)c2F)cc2n1[C@H](CO)[C@H]1C[C@@H]21. The summed E-state index contributed by atoms with van der Waals surface area (Å²) in [5, 5.41) is 20.5. The number of pyridine rings is 1. The fourth-order valence-electron chi connectivity index (χ4n) is 4.05. The number of tetrazole rings is 1. The normalized spacial score (nSPS) is 23.0. The van der Waals surface area contributed by atoms with E-state index in [4.69, 9.17) is 11.6 Å². The lowest BCUT2D eigenvalue weighted by molar-refractivity contribution is 0.217. The van der Waals surface area contributed by atoms with Crippen molar-refractivity contribution in [2.75, 3.05) is 6.61 Å².